The zero-order valence-corrected chi connectivity index (χ0v) is 14.4. The number of carbonyl (C=O) groups is 1. The number of ketones is 1. The molecule has 2 rings (SSSR count). The Morgan fingerprint density at radius 1 is 1.41 bits per heavy atom. The minimum absolute atomic E-state index is 0.0608. The van der Waals surface area contributed by atoms with Gasteiger partial charge in [-0.15, -0.1) is 0 Å². The van der Waals surface area contributed by atoms with E-state index >= 15 is 0 Å². The van der Waals surface area contributed by atoms with E-state index in [9.17, 15) is 33.2 Å². The molecule has 0 aliphatic heterocycles. The van der Waals surface area contributed by atoms with Crippen LogP contribution in [0, 0.1) is 10.1 Å². The molecule has 146 valence electrons. The third-order valence-corrected chi connectivity index (χ3v) is 4.06. The number of imidazole rings is 1. The fourth-order valence-corrected chi connectivity index (χ4v) is 2.57. The number of nitro groups is 1. The van der Waals surface area contributed by atoms with E-state index in [0.29, 0.717) is 0 Å². The summed E-state index contributed by atoms with van der Waals surface area (Å²) in [5.41, 5.74) is -3.64. The number of nitrogens with zero attached hydrogens (tertiary/aromatic N) is 3. The molecule has 8 nitrogen and oxygen atoms in total. The molecule has 1 aromatic carbocycles. The lowest BCUT2D eigenvalue weighted by atomic mass is 9.97. The summed E-state index contributed by atoms with van der Waals surface area (Å²) in [4.78, 5) is 25.3. The van der Waals surface area contributed by atoms with Gasteiger partial charge in [-0.2, -0.15) is 13.2 Å². The number of nitro benzene ring substituents is 1. The number of halogens is 3. The summed E-state index contributed by atoms with van der Waals surface area (Å²) in [6.07, 6.45) is -3.43. The monoisotopic (exact) mass is 386 g/mol. The number of aromatic nitrogens is 2. The first-order chi connectivity index (χ1) is 12.5. The number of rotatable bonds is 7. The highest BCUT2D eigenvalue weighted by atomic mass is 19.4. The van der Waals surface area contributed by atoms with Crippen molar-refractivity contribution < 1.29 is 28.0 Å². The van der Waals surface area contributed by atoms with Crippen molar-refractivity contribution in [2.24, 2.45) is 7.05 Å². The van der Waals surface area contributed by atoms with Gasteiger partial charge in [-0.05, 0) is 19.1 Å². The van der Waals surface area contributed by atoms with Crippen molar-refractivity contribution in [1.82, 2.24) is 9.55 Å². The SMILES string of the molecule is CC(=O)c1ccc(NCC[C@](O)(c2nccn2C)C(F)(F)F)c([N+](=O)[O-])c1. The van der Waals surface area contributed by atoms with Crippen molar-refractivity contribution in [3.63, 3.8) is 0 Å². The van der Waals surface area contributed by atoms with Crippen molar-refractivity contribution in [2.45, 2.75) is 25.1 Å². The van der Waals surface area contributed by atoms with Gasteiger partial charge in [-0.25, -0.2) is 4.98 Å². The predicted molar refractivity (Wildman–Crippen MR) is 89.4 cm³/mol. The minimum atomic E-state index is -5.00. The van der Waals surface area contributed by atoms with Crippen LogP contribution in [0.1, 0.15) is 29.5 Å². The van der Waals surface area contributed by atoms with Gasteiger partial charge < -0.3 is 15.0 Å². The summed E-state index contributed by atoms with van der Waals surface area (Å²) in [6.45, 7) is 0.811. The van der Waals surface area contributed by atoms with Gasteiger partial charge >= 0.3 is 6.18 Å². The maximum Gasteiger partial charge on any atom is 0.424 e. The number of alkyl halides is 3. The van der Waals surface area contributed by atoms with Gasteiger partial charge in [0, 0.05) is 44.0 Å². The van der Waals surface area contributed by atoms with Crippen LogP contribution in [0.3, 0.4) is 0 Å². The van der Waals surface area contributed by atoms with E-state index in [1.54, 1.807) is 0 Å². The van der Waals surface area contributed by atoms with E-state index in [0.717, 1.165) is 16.8 Å². The first kappa shape index (κ1) is 20.4. The topological polar surface area (TPSA) is 110 Å². The van der Waals surface area contributed by atoms with Gasteiger partial charge in [0.25, 0.3) is 5.69 Å². The number of aliphatic hydroxyl groups is 1. The number of aryl methyl sites for hydroxylation is 1. The van der Waals surface area contributed by atoms with E-state index in [1.165, 1.54) is 32.3 Å². The Balaban J connectivity index is 2.24. The number of hydrogen-bond donors (Lipinski definition) is 2. The molecule has 0 fully saturated rings. The van der Waals surface area contributed by atoms with Crippen molar-refractivity contribution >= 4 is 17.2 Å². The molecule has 0 saturated carbocycles. The molecular formula is C16H17F3N4O4. The maximum atomic E-state index is 13.4. The van der Waals surface area contributed by atoms with Crippen LogP contribution >= 0.6 is 0 Å². The van der Waals surface area contributed by atoms with Crippen LogP contribution < -0.4 is 5.32 Å². The summed E-state index contributed by atoms with van der Waals surface area (Å²) in [7, 11) is 1.32. The molecule has 0 aliphatic rings. The number of Topliss-reactive ketones (excluding diaryl/α,β-unsaturated/α-hetero) is 1. The van der Waals surface area contributed by atoms with Crippen molar-refractivity contribution in [1.29, 1.82) is 0 Å². The molecule has 0 unspecified atom stereocenters. The van der Waals surface area contributed by atoms with Gasteiger partial charge in [0.1, 0.15) is 11.5 Å². The molecule has 0 saturated heterocycles. The molecule has 0 aliphatic carbocycles. The minimum Gasteiger partial charge on any atom is -0.379 e. The fraction of sp³-hybridized carbons (Fsp3) is 0.375. The van der Waals surface area contributed by atoms with Crippen molar-refractivity contribution in [2.75, 3.05) is 11.9 Å². The molecule has 1 heterocycles. The number of nitrogens with one attached hydrogen (secondary N) is 1. The van der Waals surface area contributed by atoms with Gasteiger partial charge in [-0.1, -0.05) is 0 Å². The van der Waals surface area contributed by atoms with Crippen LogP contribution in [0.2, 0.25) is 0 Å². The molecule has 27 heavy (non-hydrogen) atoms. The maximum absolute atomic E-state index is 13.4. The van der Waals surface area contributed by atoms with Gasteiger partial charge in [0.15, 0.2) is 5.78 Å². The second kappa shape index (κ2) is 7.35. The van der Waals surface area contributed by atoms with Crippen LogP contribution in [-0.2, 0) is 12.6 Å². The Hall–Kier alpha value is -2.95. The molecule has 0 radical (unpaired) electrons. The van der Waals surface area contributed by atoms with E-state index < -0.39 is 41.2 Å². The fourth-order valence-electron chi connectivity index (χ4n) is 2.57. The van der Waals surface area contributed by atoms with Crippen molar-refractivity contribution in [3.8, 4) is 0 Å². The Morgan fingerprint density at radius 2 is 2.07 bits per heavy atom. The summed E-state index contributed by atoms with van der Waals surface area (Å²) in [5, 5.41) is 23.9. The highest BCUT2D eigenvalue weighted by Crippen LogP contribution is 2.40. The third kappa shape index (κ3) is 4.08. The van der Waals surface area contributed by atoms with Crippen molar-refractivity contribution in [3.05, 3.63) is 52.1 Å². The Kier molecular flexibility index (Phi) is 5.54. The second-order valence-corrected chi connectivity index (χ2v) is 5.94. The number of carbonyl (C=O) groups excluding carboxylic acids is 1. The molecule has 0 bridgehead atoms. The zero-order valence-electron chi connectivity index (χ0n) is 14.4. The highest BCUT2D eigenvalue weighted by molar-refractivity contribution is 5.95. The summed E-state index contributed by atoms with van der Waals surface area (Å²) < 4.78 is 41.4. The molecule has 11 heteroatoms. The highest BCUT2D eigenvalue weighted by Gasteiger charge is 2.57. The number of benzene rings is 1. The number of hydrogen-bond acceptors (Lipinski definition) is 6. The van der Waals surface area contributed by atoms with E-state index in [-0.39, 0.29) is 17.0 Å². The Morgan fingerprint density at radius 3 is 2.56 bits per heavy atom. The Bertz CT molecular complexity index is 866. The molecule has 2 aromatic rings. The van der Waals surface area contributed by atoms with Gasteiger partial charge in [0.2, 0.25) is 5.60 Å². The molecule has 2 N–H and O–H groups in total. The van der Waals surface area contributed by atoms with Crippen LogP contribution in [0.15, 0.2) is 30.6 Å². The summed E-state index contributed by atoms with van der Waals surface area (Å²) in [6, 6.07) is 3.61. The van der Waals surface area contributed by atoms with Crippen LogP contribution in [0.4, 0.5) is 24.5 Å². The lowest BCUT2D eigenvalue weighted by molar-refractivity contribution is -0.384. The predicted octanol–water partition coefficient (Wildman–Crippen LogP) is 2.78. The van der Waals surface area contributed by atoms with Crippen LogP contribution in [0.5, 0.6) is 0 Å². The van der Waals surface area contributed by atoms with Crippen LogP contribution in [0.25, 0.3) is 0 Å². The van der Waals surface area contributed by atoms with Crippen LogP contribution in [-0.4, -0.2) is 38.1 Å². The van der Waals surface area contributed by atoms with Gasteiger partial charge in [0.05, 0.1) is 4.92 Å². The normalized spacial score (nSPS) is 13.9. The quantitative estimate of drug-likeness (QED) is 0.430. The van der Waals surface area contributed by atoms with E-state index in [4.69, 9.17) is 0 Å². The Labute approximate surface area is 151 Å². The smallest absolute Gasteiger partial charge is 0.379 e. The average Bonchev–Trinajstić information content (AvgIpc) is 3.00. The molecule has 1 atom stereocenters. The van der Waals surface area contributed by atoms with Gasteiger partial charge in [-0.3, -0.25) is 14.9 Å². The molecule has 0 amide bonds. The average molecular weight is 386 g/mol. The van der Waals surface area contributed by atoms with E-state index in [2.05, 4.69) is 10.3 Å². The lowest BCUT2D eigenvalue weighted by Crippen LogP contribution is -2.45. The molecule has 1 aromatic heterocycles. The summed E-state index contributed by atoms with van der Waals surface area (Å²) >= 11 is 0. The third-order valence-electron chi connectivity index (χ3n) is 4.06. The standard InChI is InChI=1S/C16H17F3N4O4/c1-10(24)11-3-4-12(13(9-11)23(26)27)20-6-5-15(25,16(17,18)19)14-21-7-8-22(14)2/h3-4,7-9,20,25H,5-6H2,1-2H3/t15-/m0/s1. The first-order valence-corrected chi connectivity index (χ1v) is 7.77. The summed E-state index contributed by atoms with van der Waals surface area (Å²) in [5.74, 6) is -0.968. The molecular weight excluding hydrogens is 369 g/mol. The zero-order chi connectivity index (χ0) is 20.4. The first-order valence-electron chi connectivity index (χ1n) is 7.77. The van der Waals surface area contributed by atoms with E-state index in [1.807, 2.05) is 0 Å². The largest absolute Gasteiger partial charge is 0.424 e. The molecule has 0 spiro atoms. The second-order valence-electron chi connectivity index (χ2n) is 5.94. The lowest BCUT2D eigenvalue weighted by Gasteiger charge is -2.30. The number of anilines is 1.